The molecule has 1 aromatic rings. The molecule has 0 aliphatic rings. The smallest absolute Gasteiger partial charge is 0.254 e. The van der Waals surface area contributed by atoms with Crippen molar-refractivity contribution in [1.82, 2.24) is 15.3 Å². The van der Waals surface area contributed by atoms with E-state index in [0.29, 0.717) is 24.9 Å². The SMILES string of the molecule is CCC(O)CCNC(=O)c1cncnc1. The number of carbonyl (C=O) groups excluding carboxylic acids is 1. The number of amides is 1. The lowest BCUT2D eigenvalue weighted by Gasteiger charge is -2.08. The molecule has 1 atom stereocenters. The fraction of sp³-hybridized carbons (Fsp3) is 0.500. The summed E-state index contributed by atoms with van der Waals surface area (Å²) in [5, 5.41) is 12.0. The van der Waals surface area contributed by atoms with Crippen molar-refractivity contribution in [3.05, 3.63) is 24.3 Å². The van der Waals surface area contributed by atoms with Gasteiger partial charge in [-0.3, -0.25) is 4.79 Å². The van der Waals surface area contributed by atoms with Crippen molar-refractivity contribution in [3.8, 4) is 0 Å². The van der Waals surface area contributed by atoms with Crippen LogP contribution in [-0.4, -0.2) is 33.6 Å². The van der Waals surface area contributed by atoms with Crippen molar-refractivity contribution in [1.29, 1.82) is 0 Å². The third-order valence-electron chi connectivity index (χ3n) is 2.06. The molecule has 5 heteroatoms. The van der Waals surface area contributed by atoms with E-state index in [1.54, 1.807) is 0 Å². The average Bonchev–Trinajstić information content (AvgIpc) is 2.29. The maximum Gasteiger partial charge on any atom is 0.254 e. The number of hydrogen-bond acceptors (Lipinski definition) is 4. The summed E-state index contributed by atoms with van der Waals surface area (Å²) in [7, 11) is 0. The van der Waals surface area contributed by atoms with E-state index < -0.39 is 0 Å². The molecular weight excluding hydrogens is 194 g/mol. The number of nitrogens with zero attached hydrogens (tertiary/aromatic N) is 2. The van der Waals surface area contributed by atoms with Crippen LogP contribution in [0.25, 0.3) is 0 Å². The molecule has 2 N–H and O–H groups in total. The Morgan fingerprint density at radius 3 is 2.80 bits per heavy atom. The van der Waals surface area contributed by atoms with Gasteiger partial charge in [-0.1, -0.05) is 6.92 Å². The van der Waals surface area contributed by atoms with Crippen molar-refractivity contribution in [3.63, 3.8) is 0 Å². The van der Waals surface area contributed by atoms with Crippen molar-refractivity contribution in [2.75, 3.05) is 6.54 Å². The zero-order chi connectivity index (χ0) is 11.1. The third kappa shape index (κ3) is 4.03. The highest BCUT2D eigenvalue weighted by Gasteiger charge is 2.06. The highest BCUT2D eigenvalue weighted by molar-refractivity contribution is 5.93. The molecule has 0 fully saturated rings. The van der Waals surface area contributed by atoms with Crippen LogP contribution in [0.4, 0.5) is 0 Å². The second-order valence-corrected chi connectivity index (χ2v) is 3.23. The molecular formula is C10H15N3O2. The summed E-state index contributed by atoms with van der Waals surface area (Å²) < 4.78 is 0. The minimum Gasteiger partial charge on any atom is -0.393 e. The van der Waals surface area contributed by atoms with Gasteiger partial charge in [0.25, 0.3) is 5.91 Å². The summed E-state index contributed by atoms with van der Waals surface area (Å²) >= 11 is 0. The van der Waals surface area contributed by atoms with Crippen LogP contribution >= 0.6 is 0 Å². The Morgan fingerprint density at radius 1 is 1.53 bits per heavy atom. The van der Waals surface area contributed by atoms with E-state index >= 15 is 0 Å². The predicted molar refractivity (Wildman–Crippen MR) is 55.3 cm³/mol. The lowest BCUT2D eigenvalue weighted by atomic mass is 10.2. The lowest BCUT2D eigenvalue weighted by Crippen LogP contribution is -2.27. The highest BCUT2D eigenvalue weighted by Crippen LogP contribution is 1.96. The molecule has 1 rings (SSSR count). The molecule has 1 aromatic heterocycles. The summed E-state index contributed by atoms with van der Waals surface area (Å²) in [4.78, 5) is 18.9. The molecule has 0 spiro atoms. The zero-order valence-corrected chi connectivity index (χ0v) is 8.68. The van der Waals surface area contributed by atoms with Crippen LogP contribution in [0.2, 0.25) is 0 Å². The Balaban J connectivity index is 2.31. The minimum absolute atomic E-state index is 0.209. The van der Waals surface area contributed by atoms with Crippen LogP contribution < -0.4 is 5.32 Å². The summed E-state index contributed by atoms with van der Waals surface area (Å²) in [5.74, 6) is -0.209. The van der Waals surface area contributed by atoms with E-state index in [9.17, 15) is 9.90 Å². The zero-order valence-electron chi connectivity index (χ0n) is 8.68. The van der Waals surface area contributed by atoms with Crippen LogP contribution in [0.3, 0.4) is 0 Å². The standard InChI is InChI=1S/C10H15N3O2/c1-2-9(14)3-4-13-10(15)8-5-11-7-12-6-8/h5-7,9,14H,2-4H2,1H3,(H,13,15). The van der Waals surface area contributed by atoms with Gasteiger partial charge in [-0.25, -0.2) is 9.97 Å². The number of carbonyl (C=O) groups is 1. The highest BCUT2D eigenvalue weighted by atomic mass is 16.3. The number of aliphatic hydroxyl groups excluding tert-OH is 1. The van der Waals surface area contributed by atoms with Crippen molar-refractivity contribution >= 4 is 5.91 Å². The molecule has 0 aliphatic carbocycles. The molecule has 5 nitrogen and oxygen atoms in total. The van der Waals surface area contributed by atoms with Gasteiger partial charge in [-0.05, 0) is 12.8 Å². The van der Waals surface area contributed by atoms with Gasteiger partial charge in [0.1, 0.15) is 6.33 Å². The predicted octanol–water partition coefficient (Wildman–Crippen LogP) is 0.367. The summed E-state index contributed by atoms with van der Waals surface area (Å²) in [6.45, 7) is 2.36. The first-order valence-corrected chi connectivity index (χ1v) is 4.95. The van der Waals surface area contributed by atoms with Gasteiger partial charge in [0.2, 0.25) is 0 Å². The largest absolute Gasteiger partial charge is 0.393 e. The molecule has 82 valence electrons. The second-order valence-electron chi connectivity index (χ2n) is 3.23. The quantitative estimate of drug-likeness (QED) is 0.734. The van der Waals surface area contributed by atoms with Gasteiger partial charge in [-0.15, -0.1) is 0 Å². The van der Waals surface area contributed by atoms with Crippen molar-refractivity contribution in [2.45, 2.75) is 25.9 Å². The van der Waals surface area contributed by atoms with E-state index in [4.69, 9.17) is 0 Å². The van der Waals surface area contributed by atoms with Gasteiger partial charge in [-0.2, -0.15) is 0 Å². The number of nitrogens with one attached hydrogen (secondary N) is 1. The first-order valence-electron chi connectivity index (χ1n) is 4.95. The fourth-order valence-corrected chi connectivity index (χ4v) is 1.07. The van der Waals surface area contributed by atoms with E-state index in [1.807, 2.05) is 6.92 Å². The normalized spacial score (nSPS) is 12.1. The van der Waals surface area contributed by atoms with Gasteiger partial charge in [0, 0.05) is 18.9 Å². The fourth-order valence-electron chi connectivity index (χ4n) is 1.07. The monoisotopic (exact) mass is 209 g/mol. The number of aromatic nitrogens is 2. The summed E-state index contributed by atoms with van der Waals surface area (Å²) in [5.41, 5.74) is 0.434. The van der Waals surface area contributed by atoms with Gasteiger partial charge in [0.05, 0.1) is 11.7 Å². The Morgan fingerprint density at radius 2 is 2.20 bits per heavy atom. The third-order valence-corrected chi connectivity index (χ3v) is 2.06. The molecule has 0 saturated heterocycles. The number of aliphatic hydroxyl groups is 1. The number of rotatable bonds is 5. The Labute approximate surface area is 88.6 Å². The summed E-state index contributed by atoms with van der Waals surface area (Å²) in [6, 6.07) is 0. The van der Waals surface area contributed by atoms with Crippen LogP contribution in [-0.2, 0) is 0 Å². The first kappa shape index (κ1) is 11.6. The van der Waals surface area contributed by atoms with Crippen LogP contribution in [0.1, 0.15) is 30.1 Å². The van der Waals surface area contributed by atoms with Crippen molar-refractivity contribution < 1.29 is 9.90 Å². The molecule has 0 aromatic carbocycles. The van der Waals surface area contributed by atoms with E-state index in [2.05, 4.69) is 15.3 Å². The summed E-state index contributed by atoms with van der Waals surface area (Å²) in [6.07, 6.45) is 5.20. The second kappa shape index (κ2) is 6.08. The topological polar surface area (TPSA) is 75.1 Å². The van der Waals surface area contributed by atoms with E-state index in [-0.39, 0.29) is 12.0 Å². The maximum absolute atomic E-state index is 11.4. The minimum atomic E-state index is -0.350. The Kier molecular flexibility index (Phi) is 4.70. The molecule has 1 unspecified atom stereocenters. The van der Waals surface area contributed by atoms with Gasteiger partial charge < -0.3 is 10.4 Å². The molecule has 0 bridgehead atoms. The Bertz CT molecular complexity index is 303. The Hall–Kier alpha value is -1.49. The molecule has 15 heavy (non-hydrogen) atoms. The van der Waals surface area contributed by atoms with E-state index in [0.717, 1.165) is 0 Å². The first-order chi connectivity index (χ1) is 7.24. The lowest BCUT2D eigenvalue weighted by molar-refractivity contribution is 0.0941. The molecule has 0 aliphatic heterocycles. The average molecular weight is 209 g/mol. The van der Waals surface area contributed by atoms with Crippen molar-refractivity contribution in [2.24, 2.45) is 0 Å². The maximum atomic E-state index is 11.4. The van der Waals surface area contributed by atoms with Crippen LogP contribution in [0, 0.1) is 0 Å². The number of hydrogen-bond donors (Lipinski definition) is 2. The van der Waals surface area contributed by atoms with Crippen LogP contribution in [0.15, 0.2) is 18.7 Å². The molecule has 1 amide bonds. The van der Waals surface area contributed by atoms with Gasteiger partial charge >= 0.3 is 0 Å². The van der Waals surface area contributed by atoms with Crippen LogP contribution in [0.5, 0.6) is 0 Å². The molecule has 0 radical (unpaired) electrons. The molecule has 0 saturated carbocycles. The van der Waals surface area contributed by atoms with E-state index in [1.165, 1.54) is 18.7 Å². The molecule has 1 heterocycles. The van der Waals surface area contributed by atoms with Gasteiger partial charge in [0.15, 0.2) is 0 Å².